The van der Waals surface area contributed by atoms with Gasteiger partial charge in [0.2, 0.25) is 5.95 Å². The van der Waals surface area contributed by atoms with Crippen LogP contribution in [0.15, 0.2) is 24.4 Å². The second-order valence-electron chi connectivity index (χ2n) is 7.06. The first-order valence-electron chi connectivity index (χ1n) is 8.77. The number of methoxy groups -OCH3 is 1. The molecule has 0 radical (unpaired) electrons. The van der Waals surface area contributed by atoms with E-state index >= 15 is 0 Å². The van der Waals surface area contributed by atoms with Gasteiger partial charge in [-0.2, -0.15) is 0 Å². The van der Waals surface area contributed by atoms with Crippen LogP contribution in [0.5, 0.6) is 5.75 Å². The van der Waals surface area contributed by atoms with Crippen molar-refractivity contribution in [2.75, 3.05) is 25.9 Å². The SMILES string of the molecule is COc1cc(Cl)ccc1C(=O)N1CCCC2(CCc3cnc(N)nc32)C1. The molecule has 2 aromatic rings. The molecule has 136 valence electrons. The number of carbonyl (C=O) groups is 1. The molecule has 0 saturated carbocycles. The lowest BCUT2D eigenvalue weighted by molar-refractivity contribution is 0.0630. The molecule has 1 aliphatic heterocycles. The molecule has 1 aromatic carbocycles. The average molecular weight is 373 g/mol. The van der Waals surface area contributed by atoms with Crippen molar-refractivity contribution >= 4 is 23.5 Å². The minimum absolute atomic E-state index is 0.0342. The van der Waals surface area contributed by atoms with Crippen LogP contribution >= 0.6 is 11.6 Å². The number of rotatable bonds is 2. The smallest absolute Gasteiger partial charge is 0.257 e. The average Bonchev–Trinajstić information content (AvgIpc) is 2.98. The molecule has 1 saturated heterocycles. The molecular formula is C19H21ClN4O2. The summed E-state index contributed by atoms with van der Waals surface area (Å²) >= 11 is 6.02. The zero-order valence-electron chi connectivity index (χ0n) is 14.7. The molecule has 1 aliphatic carbocycles. The Morgan fingerprint density at radius 3 is 3.04 bits per heavy atom. The molecule has 2 N–H and O–H groups in total. The van der Waals surface area contributed by atoms with Crippen molar-refractivity contribution in [1.82, 2.24) is 14.9 Å². The highest BCUT2D eigenvalue weighted by Gasteiger charge is 2.45. The number of hydrogen-bond acceptors (Lipinski definition) is 5. The molecule has 1 unspecified atom stereocenters. The molecule has 0 bridgehead atoms. The van der Waals surface area contributed by atoms with E-state index in [4.69, 9.17) is 22.1 Å². The maximum atomic E-state index is 13.2. The molecule has 1 fully saturated rings. The molecule has 4 rings (SSSR count). The highest BCUT2D eigenvalue weighted by Crippen LogP contribution is 2.44. The van der Waals surface area contributed by atoms with Crippen LogP contribution in [0.4, 0.5) is 5.95 Å². The van der Waals surface area contributed by atoms with Crippen LogP contribution in [-0.2, 0) is 11.8 Å². The Bertz CT molecular complexity index is 869. The van der Waals surface area contributed by atoms with Gasteiger partial charge in [-0.05, 0) is 49.4 Å². The number of nitrogens with two attached hydrogens (primary N) is 1. The first-order chi connectivity index (χ1) is 12.5. The van der Waals surface area contributed by atoms with Gasteiger partial charge in [-0.25, -0.2) is 9.97 Å². The minimum Gasteiger partial charge on any atom is -0.496 e. The van der Waals surface area contributed by atoms with Gasteiger partial charge in [0.1, 0.15) is 5.75 Å². The minimum atomic E-state index is -0.125. The number of hydrogen-bond donors (Lipinski definition) is 1. The maximum Gasteiger partial charge on any atom is 0.257 e. The lowest BCUT2D eigenvalue weighted by atomic mass is 9.77. The quantitative estimate of drug-likeness (QED) is 0.876. The van der Waals surface area contributed by atoms with Crippen molar-refractivity contribution < 1.29 is 9.53 Å². The number of fused-ring (bicyclic) bond motifs is 2. The standard InChI is InChI=1S/C19H21ClN4O2/c1-26-15-9-13(20)3-4-14(15)17(25)24-8-2-6-19(11-24)7-5-12-10-22-18(21)23-16(12)19/h3-4,9-10H,2,5-8,11H2,1H3,(H2,21,22,23). The van der Waals surface area contributed by atoms with Gasteiger partial charge < -0.3 is 15.4 Å². The number of amides is 1. The zero-order chi connectivity index (χ0) is 18.3. The predicted octanol–water partition coefficient (Wildman–Crippen LogP) is 2.84. The Balaban J connectivity index is 1.65. The Morgan fingerprint density at radius 2 is 2.23 bits per heavy atom. The molecule has 1 amide bonds. The molecule has 7 heteroatoms. The first-order valence-corrected chi connectivity index (χ1v) is 9.15. The predicted molar refractivity (Wildman–Crippen MR) is 99.6 cm³/mol. The number of nitrogen functional groups attached to an aromatic ring is 1. The fraction of sp³-hybridized carbons (Fsp3) is 0.421. The molecule has 2 aliphatic rings. The summed E-state index contributed by atoms with van der Waals surface area (Å²) in [5, 5.41) is 0.547. The van der Waals surface area contributed by atoms with Gasteiger partial charge >= 0.3 is 0 Å². The number of benzene rings is 1. The van der Waals surface area contributed by atoms with E-state index in [9.17, 15) is 4.79 Å². The molecule has 1 aromatic heterocycles. The van der Waals surface area contributed by atoms with E-state index in [-0.39, 0.29) is 11.3 Å². The Hall–Kier alpha value is -2.34. The van der Waals surface area contributed by atoms with Crippen LogP contribution in [-0.4, -0.2) is 41.0 Å². The van der Waals surface area contributed by atoms with Crippen LogP contribution < -0.4 is 10.5 Å². The number of aromatic nitrogens is 2. The van der Waals surface area contributed by atoms with E-state index in [1.54, 1.807) is 25.3 Å². The zero-order valence-corrected chi connectivity index (χ0v) is 15.4. The number of halogens is 1. The molecule has 26 heavy (non-hydrogen) atoms. The van der Waals surface area contributed by atoms with Crippen LogP contribution in [0.25, 0.3) is 0 Å². The lowest BCUT2D eigenvalue weighted by Crippen LogP contribution is -2.48. The summed E-state index contributed by atoms with van der Waals surface area (Å²) in [6, 6.07) is 5.12. The van der Waals surface area contributed by atoms with Crippen molar-refractivity contribution in [3.05, 3.63) is 46.2 Å². The number of anilines is 1. The highest BCUT2D eigenvalue weighted by atomic mass is 35.5. The van der Waals surface area contributed by atoms with E-state index in [2.05, 4.69) is 9.97 Å². The fourth-order valence-electron chi connectivity index (χ4n) is 4.27. The monoisotopic (exact) mass is 372 g/mol. The number of carbonyl (C=O) groups excluding carboxylic acids is 1. The van der Waals surface area contributed by atoms with Gasteiger partial charge in [0.05, 0.1) is 18.4 Å². The Morgan fingerprint density at radius 1 is 1.38 bits per heavy atom. The van der Waals surface area contributed by atoms with Crippen molar-refractivity contribution in [2.24, 2.45) is 0 Å². The highest BCUT2D eigenvalue weighted by molar-refractivity contribution is 6.30. The second-order valence-corrected chi connectivity index (χ2v) is 7.49. The second kappa shape index (κ2) is 6.43. The maximum absolute atomic E-state index is 13.2. The van der Waals surface area contributed by atoms with E-state index in [0.717, 1.165) is 43.5 Å². The summed E-state index contributed by atoms with van der Waals surface area (Å²) in [5.41, 5.74) is 8.41. The number of likely N-dealkylation sites (tertiary alicyclic amines) is 1. The Kier molecular flexibility index (Phi) is 4.23. The van der Waals surface area contributed by atoms with Crippen LogP contribution in [0.2, 0.25) is 5.02 Å². The van der Waals surface area contributed by atoms with Gasteiger partial charge in [0.25, 0.3) is 5.91 Å². The normalized spacial score (nSPS) is 21.7. The molecular weight excluding hydrogens is 352 g/mol. The van der Waals surface area contributed by atoms with Crippen LogP contribution in [0.3, 0.4) is 0 Å². The molecule has 1 atom stereocenters. The third kappa shape index (κ3) is 2.78. The van der Waals surface area contributed by atoms with Gasteiger partial charge in [0, 0.05) is 29.7 Å². The number of piperidine rings is 1. The van der Waals surface area contributed by atoms with Crippen molar-refractivity contribution in [2.45, 2.75) is 31.1 Å². The van der Waals surface area contributed by atoms with E-state index < -0.39 is 0 Å². The van der Waals surface area contributed by atoms with Crippen molar-refractivity contribution in [3.63, 3.8) is 0 Å². The van der Waals surface area contributed by atoms with Gasteiger partial charge in [-0.1, -0.05) is 11.6 Å². The summed E-state index contributed by atoms with van der Waals surface area (Å²) in [4.78, 5) is 23.7. The first kappa shape index (κ1) is 17.1. The molecule has 2 heterocycles. The third-order valence-electron chi connectivity index (χ3n) is 5.52. The van der Waals surface area contributed by atoms with E-state index in [1.165, 1.54) is 0 Å². The summed E-state index contributed by atoms with van der Waals surface area (Å²) in [7, 11) is 1.55. The number of nitrogens with zero attached hydrogens (tertiary/aromatic N) is 3. The Labute approximate surface area is 157 Å². The van der Waals surface area contributed by atoms with Crippen molar-refractivity contribution in [1.29, 1.82) is 0 Å². The fourth-order valence-corrected chi connectivity index (χ4v) is 4.43. The summed E-state index contributed by atoms with van der Waals surface area (Å²) < 4.78 is 5.36. The largest absolute Gasteiger partial charge is 0.496 e. The number of ether oxygens (including phenoxy) is 1. The van der Waals surface area contributed by atoms with E-state index in [0.29, 0.717) is 28.8 Å². The summed E-state index contributed by atoms with van der Waals surface area (Å²) in [6.45, 7) is 1.36. The molecule has 1 spiro atoms. The van der Waals surface area contributed by atoms with Gasteiger partial charge in [0.15, 0.2) is 0 Å². The van der Waals surface area contributed by atoms with Crippen LogP contribution in [0, 0.1) is 0 Å². The summed E-state index contributed by atoms with van der Waals surface area (Å²) in [5.74, 6) is 0.765. The van der Waals surface area contributed by atoms with Gasteiger partial charge in [-0.15, -0.1) is 0 Å². The van der Waals surface area contributed by atoms with Gasteiger partial charge in [-0.3, -0.25) is 4.79 Å². The third-order valence-corrected chi connectivity index (χ3v) is 5.75. The lowest BCUT2D eigenvalue weighted by Gasteiger charge is -2.40. The van der Waals surface area contributed by atoms with E-state index in [1.807, 2.05) is 11.1 Å². The summed E-state index contributed by atoms with van der Waals surface area (Å²) in [6.07, 6.45) is 5.68. The van der Waals surface area contributed by atoms with Crippen LogP contribution in [0.1, 0.15) is 40.9 Å². The topological polar surface area (TPSA) is 81.3 Å². The van der Waals surface area contributed by atoms with Crippen molar-refractivity contribution in [3.8, 4) is 5.75 Å². The molecule has 6 nitrogen and oxygen atoms in total. The number of aryl methyl sites for hydroxylation is 1.